The van der Waals surface area contributed by atoms with Crippen molar-refractivity contribution in [3.63, 3.8) is 0 Å². The molecule has 0 N–H and O–H groups in total. The number of carbonyl (C=O) groups is 2. The van der Waals surface area contributed by atoms with Crippen molar-refractivity contribution in [3.8, 4) is 0 Å². The SMILES string of the molecule is COC[C@H](C)n1c(C)cc(C(=O)COC(=O)c2cc3ccccc3oc2=O)c1C. The quantitative estimate of drug-likeness (QED) is 0.345. The topological polar surface area (TPSA) is 87.7 Å². The van der Waals surface area contributed by atoms with Crippen LogP contribution in [0.4, 0.5) is 0 Å². The van der Waals surface area contributed by atoms with Crippen LogP contribution in [-0.4, -0.2) is 36.6 Å². The van der Waals surface area contributed by atoms with Crippen molar-refractivity contribution >= 4 is 22.7 Å². The minimum atomic E-state index is -0.889. The van der Waals surface area contributed by atoms with Crippen LogP contribution in [0.15, 0.2) is 45.6 Å². The highest BCUT2D eigenvalue weighted by Gasteiger charge is 2.21. The minimum absolute atomic E-state index is 0.0614. The molecule has 1 atom stereocenters. The number of ketones is 1. The van der Waals surface area contributed by atoms with E-state index in [1.54, 1.807) is 37.4 Å². The summed E-state index contributed by atoms with van der Waals surface area (Å²) >= 11 is 0. The van der Waals surface area contributed by atoms with Gasteiger partial charge in [-0.05, 0) is 39.0 Å². The Hall–Kier alpha value is -3.19. The molecule has 152 valence electrons. The molecular weight excluding hydrogens is 374 g/mol. The predicted molar refractivity (Wildman–Crippen MR) is 108 cm³/mol. The second-order valence-corrected chi connectivity index (χ2v) is 6.94. The van der Waals surface area contributed by atoms with E-state index in [-0.39, 0.29) is 17.4 Å². The Morgan fingerprint density at radius 3 is 2.59 bits per heavy atom. The number of carbonyl (C=O) groups excluding carboxylic acids is 2. The third kappa shape index (κ3) is 4.14. The van der Waals surface area contributed by atoms with Crippen LogP contribution in [0.2, 0.25) is 0 Å². The maximum Gasteiger partial charge on any atom is 0.351 e. The number of benzene rings is 1. The molecule has 0 aliphatic rings. The van der Waals surface area contributed by atoms with E-state index in [9.17, 15) is 14.4 Å². The van der Waals surface area contributed by atoms with Gasteiger partial charge in [0.2, 0.25) is 5.78 Å². The molecule has 1 aromatic carbocycles. The number of para-hydroxylation sites is 1. The van der Waals surface area contributed by atoms with Gasteiger partial charge in [-0.1, -0.05) is 18.2 Å². The summed E-state index contributed by atoms with van der Waals surface area (Å²) in [6, 6.07) is 10.1. The zero-order valence-electron chi connectivity index (χ0n) is 16.9. The van der Waals surface area contributed by atoms with Crippen molar-refractivity contribution in [2.24, 2.45) is 0 Å². The number of ether oxygens (including phenoxy) is 2. The van der Waals surface area contributed by atoms with Gasteiger partial charge in [-0.2, -0.15) is 0 Å². The molecule has 7 nitrogen and oxygen atoms in total. The highest BCUT2D eigenvalue weighted by Crippen LogP contribution is 2.21. The second kappa shape index (κ2) is 8.45. The summed E-state index contributed by atoms with van der Waals surface area (Å²) in [6.07, 6.45) is 0. The molecule has 0 aliphatic carbocycles. The van der Waals surface area contributed by atoms with Gasteiger partial charge < -0.3 is 18.5 Å². The Balaban J connectivity index is 1.76. The number of rotatable bonds is 7. The van der Waals surface area contributed by atoms with E-state index in [0.717, 1.165) is 11.4 Å². The molecular formula is C22H23NO6. The zero-order valence-corrected chi connectivity index (χ0v) is 16.9. The summed E-state index contributed by atoms with van der Waals surface area (Å²) < 4.78 is 17.4. The van der Waals surface area contributed by atoms with Crippen LogP contribution in [0.25, 0.3) is 11.0 Å². The van der Waals surface area contributed by atoms with Crippen molar-refractivity contribution in [2.75, 3.05) is 20.3 Å². The predicted octanol–water partition coefficient (Wildman–Crippen LogP) is 3.46. The van der Waals surface area contributed by atoms with E-state index < -0.39 is 18.2 Å². The number of methoxy groups -OCH3 is 1. The molecule has 3 rings (SSSR count). The van der Waals surface area contributed by atoms with Gasteiger partial charge in [-0.25, -0.2) is 9.59 Å². The summed E-state index contributed by atoms with van der Waals surface area (Å²) in [5, 5.41) is 0.598. The Kier molecular flexibility index (Phi) is 5.98. The molecule has 0 saturated heterocycles. The van der Waals surface area contributed by atoms with Gasteiger partial charge in [0.05, 0.1) is 12.6 Å². The van der Waals surface area contributed by atoms with Crippen molar-refractivity contribution in [2.45, 2.75) is 26.8 Å². The molecule has 0 unspecified atom stereocenters. The maximum atomic E-state index is 12.6. The molecule has 0 saturated carbocycles. The Morgan fingerprint density at radius 2 is 1.86 bits per heavy atom. The molecule has 0 aliphatic heterocycles. The third-order valence-electron chi connectivity index (χ3n) is 4.83. The van der Waals surface area contributed by atoms with Gasteiger partial charge in [0.25, 0.3) is 0 Å². The van der Waals surface area contributed by atoms with E-state index in [2.05, 4.69) is 0 Å². The van der Waals surface area contributed by atoms with E-state index in [4.69, 9.17) is 13.9 Å². The first kappa shape index (κ1) is 20.5. The lowest BCUT2D eigenvalue weighted by molar-refractivity contribution is 0.0470. The van der Waals surface area contributed by atoms with E-state index in [1.807, 2.05) is 25.3 Å². The fourth-order valence-electron chi connectivity index (χ4n) is 3.54. The molecule has 3 aromatic rings. The van der Waals surface area contributed by atoms with Crippen LogP contribution in [-0.2, 0) is 9.47 Å². The highest BCUT2D eigenvalue weighted by atomic mass is 16.5. The van der Waals surface area contributed by atoms with Crippen molar-refractivity contribution in [3.05, 3.63) is 69.3 Å². The molecule has 2 heterocycles. The summed E-state index contributed by atoms with van der Waals surface area (Å²) in [5.41, 5.74) is 1.50. The molecule has 29 heavy (non-hydrogen) atoms. The maximum absolute atomic E-state index is 12.6. The van der Waals surface area contributed by atoms with Crippen LogP contribution in [0, 0.1) is 13.8 Å². The Labute approximate surface area is 167 Å². The molecule has 2 aromatic heterocycles. The molecule has 0 fully saturated rings. The zero-order chi connectivity index (χ0) is 21.1. The summed E-state index contributed by atoms with van der Waals surface area (Å²) in [5.74, 6) is -1.23. The number of hydrogen-bond acceptors (Lipinski definition) is 6. The fourth-order valence-corrected chi connectivity index (χ4v) is 3.54. The summed E-state index contributed by atoms with van der Waals surface area (Å²) in [7, 11) is 1.62. The minimum Gasteiger partial charge on any atom is -0.453 e. The normalized spacial score (nSPS) is 12.1. The van der Waals surface area contributed by atoms with Gasteiger partial charge >= 0.3 is 11.6 Å². The van der Waals surface area contributed by atoms with E-state index >= 15 is 0 Å². The summed E-state index contributed by atoms with van der Waals surface area (Å²) in [4.78, 5) is 37.0. The first-order valence-electron chi connectivity index (χ1n) is 9.24. The molecule has 0 spiro atoms. The number of fused-ring (bicyclic) bond motifs is 1. The number of aromatic nitrogens is 1. The molecule has 0 radical (unpaired) electrons. The van der Waals surface area contributed by atoms with Gasteiger partial charge in [0.1, 0.15) is 11.1 Å². The molecule has 0 bridgehead atoms. The standard InChI is InChI=1S/C22H23NO6/c1-13-9-17(15(3)23(13)14(2)11-27-4)19(24)12-28-21(25)18-10-16-7-5-6-8-20(16)29-22(18)26/h5-10,14H,11-12H2,1-4H3/t14-/m0/s1. The fraction of sp³-hybridized carbons (Fsp3) is 0.318. The number of hydrogen-bond donors (Lipinski definition) is 0. The van der Waals surface area contributed by atoms with Crippen molar-refractivity contribution < 1.29 is 23.5 Å². The number of esters is 1. The van der Waals surface area contributed by atoms with Crippen molar-refractivity contribution in [1.82, 2.24) is 4.57 Å². The van der Waals surface area contributed by atoms with Crippen molar-refractivity contribution in [1.29, 1.82) is 0 Å². The summed E-state index contributed by atoms with van der Waals surface area (Å²) in [6.45, 7) is 5.79. The lowest BCUT2D eigenvalue weighted by Crippen LogP contribution is -2.20. The van der Waals surface area contributed by atoms with E-state index in [0.29, 0.717) is 23.1 Å². The van der Waals surface area contributed by atoms with Crippen LogP contribution >= 0.6 is 0 Å². The Morgan fingerprint density at radius 1 is 1.14 bits per heavy atom. The van der Waals surface area contributed by atoms with Gasteiger partial charge in [0.15, 0.2) is 6.61 Å². The van der Waals surface area contributed by atoms with E-state index in [1.165, 1.54) is 6.07 Å². The average molecular weight is 397 g/mol. The van der Waals surface area contributed by atoms with Gasteiger partial charge in [-0.15, -0.1) is 0 Å². The first-order chi connectivity index (χ1) is 13.8. The van der Waals surface area contributed by atoms with Gasteiger partial charge in [0, 0.05) is 29.4 Å². The Bertz CT molecular complexity index is 1120. The monoisotopic (exact) mass is 397 g/mol. The van der Waals surface area contributed by atoms with Crippen LogP contribution in [0.3, 0.4) is 0 Å². The number of nitrogens with zero attached hydrogens (tertiary/aromatic N) is 1. The lowest BCUT2D eigenvalue weighted by atomic mass is 10.1. The number of aryl methyl sites for hydroxylation is 1. The van der Waals surface area contributed by atoms with Crippen LogP contribution < -0.4 is 5.63 Å². The average Bonchev–Trinajstić information content (AvgIpc) is 2.99. The largest absolute Gasteiger partial charge is 0.453 e. The third-order valence-corrected chi connectivity index (χ3v) is 4.83. The number of Topliss-reactive ketones (excluding diaryl/α,β-unsaturated/α-hetero) is 1. The first-order valence-corrected chi connectivity index (χ1v) is 9.24. The second-order valence-electron chi connectivity index (χ2n) is 6.94. The highest BCUT2D eigenvalue weighted by molar-refractivity contribution is 6.00. The van der Waals surface area contributed by atoms with Gasteiger partial charge in [-0.3, -0.25) is 4.79 Å². The smallest absolute Gasteiger partial charge is 0.351 e. The molecule has 0 amide bonds. The van der Waals surface area contributed by atoms with Crippen LogP contribution in [0.1, 0.15) is 45.1 Å². The lowest BCUT2D eigenvalue weighted by Gasteiger charge is -2.17. The van der Waals surface area contributed by atoms with Crippen LogP contribution in [0.5, 0.6) is 0 Å². The molecule has 7 heteroatoms.